The number of nitrogens with two attached hydrogens (primary N) is 1. The molecular formula is C11H14BrFN2O4S2. The monoisotopic (exact) mass is 400 g/mol. The van der Waals surface area contributed by atoms with Gasteiger partial charge in [0.05, 0.1) is 21.7 Å². The maximum absolute atomic E-state index is 13.3. The van der Waals surface area contributed by atoms with Crippen molar-refractivity contribution < 1.29 is 21.2 Å². The van der Waals surface area contributed by atoms with Gasteiger partial charge in [0.15, 0.2) is 9.84 Å². The second-order valence-corrected chi connectivity index (χ2v) is 9.93. The van der Waals surface area contributed by atoms with E-state index >= 15 is 0 Å². The lowest BCUT2D eigenvalue weighted by molar-refractivity contribution is 0.394. The summed E-state index contributed by atoms with van der Waals surface area (Å²) in [6.45, 7) is 0. The largest absolute Gasteiger partial charge is 0.398 e. The molecule has 1 saturated heterocycles. The summed E-state index contributed by atoms with van der Waals surface area (Å²) in [5, 5.41) is 0. The summed E-state index contributed by atoms with van der Waals surface area (Å²) in [4.78, 5) is -0.248. The summed E-state index contributed by atoms with van der Waals surface area (Å²) in [6, 6.07) is 1.36. The van der Waals surface area contributed by atoms with Crippen LogP contribution in [0.5, 0.6) is 0 Å². The molecule has 1 aliphatic rings. The van der Waals surface area contributed by atoms with Gasteiger partial charge in [-0.25, -0.2) is 21.2 Å². The van der Waals surface area contributed by atoms with Crippen molar-refractivity contribution in [2.45, 2.75) is 17.4 Å². The Morgan fingerprint density at radius 3 is 2.57 bits per heavy atom. The molecular weight excluding hydrogens is 387 g/mol. The Morgan fingerprint density at radius 1 is 1.43 bits per heavy atom. The van der Waals surface area contributed by atoms with Gasteiger partial charge in [-0.1, -0.05) is 0 Å². The van der Waals surface area contributed by atoms with Crippen LogP contribution < -0.4 is 5.73 Å². The van der Waals surface area contributed by atoms with E-state index in [9.17, 15) is 21.2 Å². The predicted octanol–water partition coefficient (Wildman–Crippen LogP) is 0.978. The van der Waals surface area contributed by atoms with E-state index in [-0.39, 0.29) is 33.0 Å². The van der Waals surface area contributed by atoms with Crippen LogP contribution in [0.25, 0.3) is 0 Å². The molecule has 1 unspecified atom stereocenters. The minimum atomic E-state index is -4.00. The quantitative estimate of drug-likeness (QED) is 0.762. The van der Waals surface area contributed by atoms with Gasteiger partial charge in [0.1, 0.15) is 10.7 Å². The van der Waals surface area contributed by atoms with Crippen molar-refractivity contribution in [1.29, 1.82) is 0 Å². The fourth-order valence-corrected chi connectivity index (χ4v) is 6.05. The minimum Gasteiger partial charge on any atom is -0.398 e. The van der Waals surface area contributed by atoms with Crippen molar-refractivity contribution in [3.63, 3.8) is 0 Å². The highest BCUT2D eigenvalue weighted by atomic mass is 79.9. The first-order valence-corrected chi connectivity index (χ1v) is 10.0. The Bertz CT molecular complexity index is 780. The van der Waals surface area contributed by atoms with E-state index in [1.807, 2.05) is 0 Å². The highest BCUT2D eigenvalue weighted by Crippen LogP contribution is 2.30. The smallest absolute Gasteiger partial charge is 0.245 e. The molecule has 1 aromatic carbocycles. The second kappa shape index (κ2) is 5.49. The van der Waals surface area contributed by atoms with Crippen LogP contribution in [-0.2, 0) is 19.9 Å². The van der Waals surface area contributed by atoms with Crippen LogP contribution in [0.1, 0.15) is 6.42 Å². The van der Waals surface area contributed by atoms with E-state index in [2.05, 4.69) is 15.9 Å². The number of anilines is 1. The number of sulfone groups is 1. The van der Waals surface area contributed by atoms with Gasteiger partial charge in [0.2, 0.25) is 10.0 Å². The fraction of sp³-hybridized carbons (Fsp3) is 0.455. The summed E-state index contributed by atoms with van der Waals surface area (Å²) in [7, 11) is -5.91. The van der Waals surface area contributed by atoms with Gasteiger partial charge < -0.3 is 5.73 Å². The van der Waals surface area contributed by atoms with E-state index in [4.69, 9.17) is 5.73 Å². The van der Waals surface area contributed by atoms with E-state index in [1.54, 1.807) is 0 Å². The summed E-state index contributed by atoms with van der Waals surface area (Å²) in [5.41, 5.74) is 5.36. The lowest BCUT2D eigenvalue weighted by atomic mass is 10.3. The summed E-state index contributed by atoms with van der Waals surface area (Å²) in [6.07, 6.45) is 0.236. The zero-order valence-corrected chi connectivity index (χ0v) is 14.3. The molecule has 1 aliphatic heterocycles. The minimum absolute atomic E-state index is 0.0253. The molecule has 1 atom stereocenters. The summed E-state index contributed by atoms with van der Waals surface area (Å²) in [5.74, 6) is -0.928. The maximum atomic E-state index is 13.3. The molecule has 21 heavy (non-hydrogen) atoms. The zero-order chi connectivity index (χ0) is 16.0. The predicted molar refractivity (Wildman–Crippen MR) is 80.5 cm³/mol. The first-order valence-electron chi connectivity index (χ1n) is 5.97. The number of sulfonamides is 1. The van der Waals surface area contributed by atoms with Crippen LogP contribution in [0.4, 0.5) is 10.1 Å². The van der Waals surface area contributed by atoms with Crippen LogP contribution >= 0.6 is 15.9 Å². The molecule has 0 aliphatic carbocycles. The number of hydrogen-bond donors (Lipinski definition) is 1. The maximum Gasteiger partial charge on any atom is 0.245 e. The van der Waals surface area contributed by atoms with Crippen LogP contribution in [-0.4, -0.2) is 45.7 Å². The SMILES string of the molecule is CN(C1CCS(=O)(=O)C1)S(=O)(=O)c1cc(Br)c(F)cc1N. The molecule has 2 rings (SSSR count). The zero-order valence-electron chi connectivity index (χ0n) is 11.1. The van der Waals surface area contributed by atoms with Gasteiger partial charge in [-0.15, -0.1) is 0 Å². The Kier molecular flexibility index (Phi) is 4.35. The fourth-order valence-electron chi connectivity index (χ4n) is 2.18. The molecule has 1 heterocycles. The van der Waals surface area contributed by atoms with Crippen molar-refractivity contribution in [2.24, 2.45) is 0 Å². The molecule has 1 aromatic rings. The standard InChI is InChI=1S/C11H14BrFN2O4S2/c1-15(7-2-3-20(16,17)6-7)21(18,19)11-4-8(12)9(13)5-10(11)14/h4-5,7H,2-3,6,14H2,1H3. The van der Waals surface area contributed by atoms with E-state index in [1.165, 1.54) is 7.05 Å². The lowest BCUT2D eigenvalue weighted by Gasteiger charge is -2.23. The van der Waals surface area contributed by atoms with Crippen molar-refractivity contribution in [1.82, 2.24) is 4.31 Å². The highest BCUT2D eigenvalue weighted by Gasteiger charge is 2.37. The van der Waals surface area contributed by atoms with Crippen molar-refractivity contribution in [2.75, 3.05) is 24.3 Å². The Balaban J connectivity index is 2.41. The average Bonchev–Trinajstić information content (AvgIpc) is 2.73. The normalized spacial score (nSPS) is 21.8. The number of halogens is 2. The van der Waals surface area contributed by atoms with Crippen molar-refractivity contribution in [3.05, 3.63) is 22.4 Å². The highest BCUT2D eigenvalue weighted by molar-refractivity contribution is 9.10. The van der Waals surface area contributed by atoms with E-state index < -0.39 is 31.7 Å². The molecule has 0 radical (unpaired) electrons. The van der Waals surface area contributed by atoms with Crippen LogP contribution in [0.2, 0.25) is 0 Å². The van der Waals surface area contributed by atoms with E-state index in [0.29, 0.717) is 0 Å². The van der Waals surface area contributed by atoms with Crippen LogP contribution in [0.3, 0.4) is 0 Å². The number of nitrogens with zero attached hydrogens (tertiary/aromatic N) is 1. The first kappa shape index (κ1) is 16.7. The molecule has 118 valence electrons. The van der Waals surface area contributed by atoms with E-state index in [0.717, 1.165) is 16.4 Å². The van der Waals surface area contributed by atoms with Crippen LogP contribution in [0, 0.1) is 5.82 Å². The number of nitrogen functional groups attached to an aromatic ring is 1. The third-order valence-corrected chi connectivity index (χ3v) is 7.76. The molecule has 0 amide bonds. The summed E-state index contributed by atoms with van der Waals surface area (Å²) < 4.78 is 62.3. The van der Waals surface area contributed by atoms with Gasteiger partial charge in [-0.3, -0.25) is 0 Å². The molecule has 0 saturated carbocycles. The topological polar surface area (TPSA) is 97.5 Å². The van der Waals surface area contributed by atoms with Gasteiger partial charge in [-0.05, 0) is 34.5 Å². The number of rotatable bonds is 3. The lowest BCUT2D eigenvalue weighted by Crippen LogP contribution is -2.38. The third-order valence-electron chi connectivity index (χ3n) is 3.43. The molecule has 0 spiro atoms. The van der Waals surface area contributed by atoms with Crippen molar-refractivity contribution >= 4 is 41.5 Å². The van der Waals surface area contributed by atoms with Gasteiger partial charge in [0.25, 0.3) is 0 Å². The van der Waals surface area contributed by atoms with Crippen molar-refractivity contribution in [3.8, 4) is 0 Å². The average molecular weight is 401 g/mol. The van der Waals surface area contributed by atoms with Crippen LogP contribution in [0.15, 0.2) is 21.5 Å². The molecule has 10 heteroatoms. The molecule has 6 nitrogen and oxygen atoms in total. The summed E-state index contributed by atoms with van der Waals surface area (Å²) >= 11 is 2.91. The number of benzene rings is 1. The van der Waals surface area contributed by atoms with Gasteiger partial charge in [0, 0.05) is 13.1 Å². The first-order chi connectivity index (χ1) is 9.54. The Hall–Kier alpha value is -0.710. The van der Waals surface area contributed by atoms with Gasteiger partial charge >= 0.3 is 0 Å². The molecule has 1 fully saturated rings. The Labute approximate surface area is 131 Å². The molecule has 2 N–H and O–H groups in total. The van der Waals surface area contributed by atoms with Gasteiger partial charge in [-0.2, -0.15) is 4.31 Å². The second-order valence-electron chi connectivity index (χ2n) is 4.88. The third kappa shape index (κ3) is 3.22. The molecule has 0 aromatic heterocycles. The Morgan fingerprint density at radius 2 is 2.05 bits per heavy atom. The molecule has 0 bridgehead atoms. The number of hydrogen-bond acceptors (Lipinski definition) is 5.